The van der Waals surface area contributed by atoms with E-state index in [0.29, 0.717) is 0 Å². The van der Waals surface area contributed by atoms with Crippen LogP contribution in [-0.4, -0.2) is 48.0 Å². The number of piperazine rings is 1. The second kappa shape index (κ2) is 5.14. The highest BCUT2D eigenvalue weighted by Gasteiger charge is 2.23. The Balaban J connectivity index is 1.93. The van der Waals surface area contributed by atoms with Gasteiger partial charge in [-0.05, 0) is 19.1 Å². The number of hydrogen-bond acceptors (Lipinski definition) is 4. The quantitative estimate of drug-likeness (QED) is 0.787. The fourth-order valence-corrected chi connectivity index (χ4v) is 1.98. The van der Waals surface area contributed by atoms with Crippen LogP contribution in [0.25, 0.3) is 0 Å². The van der Waals surface area contributed by atoms with Gasteiger partial charge in [-0.3, -0.25) is 4.79 Å². The zero-order valence-corrected chi connectivity index (χ0v) is 10.0. The topological polar surface area (TPSA) is 62.5 Å². The molecular weight excluding hydrogens is 216 g/mol. The van der Waals surface area contributed by atoms with E-state index in [-0.39, 0.29) is 5.91 Å². The Morgan fingerprint density at radius 1 is 1.35 bits per heavy atom. The van der Waals surface area contributed by atoms with Crippen LogP contribution < -0.4 is 10.6 Å². The van der Waals surface area contributed by atoms with Gasteiger partial charge in [0.15, 0.2) is 0 Å². The van der Waals surface area contributed by atoms with E-state index >= 15 is 0 Å². The van der Waals surface area contributed by atoms with Crippen molar-refractivity contribution in [3.63, 3.8) is 0 Å². The molecule has 5 nitrogen and oxygen atoms in total. The third-order valence-corrected chi connectivity index (χ3v) is 2.95. The standard InChI is InChI=1S/C12H18N4O/c1-10(13)12(17)16-8-6-15(7-9-16)11-4-2-3-5-14-11/h2-5,10H,6-9,13H2,1H3/t10-/m0/s1. The fraction of sp³-hybridized carbons (Fsp3) is 0.500. The number of carbonyl (C=O) groups is 1. The molecule has 0 saturated carbocycles. The second-order valence-corrected chi connectivity index (χ2v) is 4.29. The van der Waals surface area contributed by atoms with Crippen LogP contribution in [0.1, 0.15) is 6.92 Å². The van der Waals surface area contributed by atoms with Crippen molar-refractivity contribution in [3.8, 4) is 0 Å². The molecule has 1 amide bonds. The average molecular weight is 234 g/mol. The monoisotopic (exact) mass is 234 g/mol. The molecule has 1 aliphatic heterocycles. The van der Waals surface area contributed by atoms with Gasteiger partial charge < -0.3 is 15.5 Å². The van der Waals surface area contributed by atoms with Crippen molar-refractivity contribution >= 4 is 11.7 Å². The molecule has 1 aromatic rings. The Morgan fingerprint density at radius 3 is 2.59 bits per heavy atom. The lowest BCUT2D eigenvalue weighted by molar-refractivity contribution is -0.132. The fourth-order valence-electron chi connectivity index (χ4n) is 1.98. The van der Waals surface area contributed by atoms with Gasteiger partial charge in [-0.25, -0.2) is 4.98 Å². The summed E-state index contributed by atoms with van der Waals surface area (Å²) in [6.45, 7) is 4.80. The zero-order chi connectivity index (χ0) is 12.3. The number of rotatable bonds is 2. The maximum atomic E-state index is 11.7. The van der Waals surface area contributed by atoms with Crippen LogP contribution in [0.4, 0.5) is 5.82 Å². The summed E-state index contributed by atoms with van der Waals surface area (Å²) in [6, 6.07) is 5.46. The van der Waals surface area contributed by atoms with E-state index in [9.17, 15) is 4.79 Å². The molecule has 92 valence electrons. The number of pyridine rings is 1. The van der Waals surface area contributed by atoms with E-state index < -0.39 is 6.04 Å². The molecule has 17 heavy (non-hydrogen) atoms. The van der Waals surface area contributed by atoms with E-state index in [1.165, 1.54) is 0 Å². The van der Waals surface area contributed by atoms with Gasteiger partial charge in [-0.1, -0.05) is 6.07 Å². The lowest BCUT2D eigenvalue weighted by atomic mass is 10.2. The van der Waals surface area contributed by atoms with E-state index in [4.69, 9.17) is 5.73 Å². The van der Waals surface area contributed by atoms with Gasteiger partial charge in [-0.15, -0.1) is 0 Å². The van der Waals surface area contributed by atoms with Gasteiger partial charge in [-0.2, -0.15) is 0 Å². The van der Waals surface area contributed by atoms with E-state index in [1.807, 2.05) is 23.1 Å². The summed E-state index contributed by atoms with van der Waals surface area (Å²) < 4.78 is 0. The molecule has 1 aliphatic rings. The minimum absolute atomic E-state index is 0.0330. The third kappa shape index (κ3) is 2.74. The van der Waals surface area contributed by atoms with Crippen LogP contribution in [-0.2, 0) is 4.79 Å². The highest BCUT2D eigenvalue weighted by Crippen LogP contribution is 2.12. The Labute approximate surface area is 101 Å². The minimum atomic E-state index is -0.406. The van der Waals surface area contributed by atoms with Gasteiger partial charge in [0.25, 0.3) is 0 Å². The first-order chi connectivity index (χ1) is 8.18. The van der Waals surface area contributed by atoms with Crippen LogP contribution in [0.2, 0.25) is 0 Å². The Kier molecular flexibility index (Phi) is 3.58. The predicted molar refractivity (Wildman–Crippen MR) is 66.7 cm³/mol. The summed E-state index contributed by atoms with van der Waals surface area (Å²) in [4.78, 5) is 20.0. The molecule has 5 heteroatoms. The van der Waals surface area contributed by atoms with E-state index in [0.717, 1.165) is 32.0 Å². The normalized spacial score (nSPS) is 18.0. The number of hydrogen-bond donors (Lipinski definition) is 1. The van der Waals surface area contributed by atoms with Gasteiger partial charge in [0.1, 0.15) is 5.82 Å². The number of amides is 1. The molecule has 0 aliphatic carbocycles. The Hall–Kier alpha value is -1.62. The van der Waals surface area contributed by atoms with Gasteiger partial charge >= 0.3 is 0 Å². The molecule has 1 atom stereocenters. The molecule has 2 heterocycles. The summed E-state index contributed by atoms with van der Waals surface area (Å²) in [7, 11) is 0. The highest BCUT2D eigenvalue weighted by molar-refractivity contribution is 5.81. The third-order valence-electron chi connectivity index (χ3n) is 2.95. The summed E-state index contributed by atoms with van der Waals surface area (Å²) in [6.07, 6.45) is 1.79. The molecule has 0 bridgehead atoms. The van der Waals surface area contributed by atoms with Crippen molar-refractivity contribution < 1.29 is 4.79 Å². The van der Waals surface area contributed by atoms with Gasteiger partial charge in [0.2, 0.25) is 5.91 Å². The smallest absolute Gasteiger partial charge is 0.239 e. The second-order valence-electron chi connectivity index (χ2n) is 4.29. The summed E-state index contributed by atoms with van der Waals surface area (Å²) in [5, 5.41) is 0. The predicted octanol–water partition coefficient (Wildman–Crippen LogP) is 0.0774. The maximum absolute atomic E-state index is 11.7. The van der Waals surface area contributed by atoms with Crippen LogP contribution in [0.5, 0.6) is 0 Å². The lowest BCUT2D eigenvalue weighted by Gasteiger charge is -2.36. The molecule has 1 aromatic heterocycles. The molecule has 1 fully saturated rings. The van der Waals surface area contributed by atoms with Crippen LogP contribution in [0, 0.1) is 0 Å². The lowest BCUT2D eigenvalue weighted by Crippen LogP contribution is -2.52. The van der Waals surface area contributed by atoms with Crippen molar-refractivity contribution in [2.45, 2.75) is 13.0 Å². The molecular formula is C12H18N4O. The SMILES string of the molecule is C[C@H](N)C(=O)N1CCN(c2ccccn2)CC1. The number of anilines is 1. The van der Waals surface area contributed by atoms with Crippen molar-refractivity contribution in [2.75, 3.05) is 31.1 Å². The van der Waals surface area contributed by atoms with Crippen LogP contribution >= 0.6 is 0 Å². The summed E-state index contributed by atoms with van der Waals surface area (Å²) in [5.41, 5.74) is 5.60. The first-order valence-electron chi connectivity index (χ1n) is 5.89. The summed E-state index contributed by atoms with van der Waals surface area (Å²) in [5.74, 6) is 1.01. The largest absolute Gasteiger partial charge is 0.353 e. The Morgan fingerprint density at radius 2 is 2.06 bits per heavy atom. The number of carbonyl (C=O) groups excluding carboxylic acids is 1. The summed E-state index contributed by atoms with van der Waals surface area (Å²) >= 11 is 0. The first kappa shape index (κ1) is 11.9. The van der Waals surface area contributed by atoms with Gasteiger partial charge in [0.05, 0.1) is 6.04 Å². The maximum Gasteiger partial charge on any atom is 0.239 e. The first-order valence-corrected chi connectivity index (χ1v) is 5.89. The average Bonchev–Trinajstić information content (AvgIpc) is 2.39. The van der Waals surface area contributed by atoms with Crippen molar-refractivity contribution in [1.82, 2.24) is 9.88 Å². The van der Waals surface area contributed by atoms with Gasteiger partial charge in [0, 0.05) is 32.4 Å². The molecule has 1 saturated heterocycles. The molecule has 2 rings (SSSR count). The van der Waals surface area contributed by atoms with E-state index in [2.05, 4.69) is 9.88 Å². The number of aromatic nitrogens is 1. The zero-order valence-electron chi connectivity index (χ0n) is 10.0. The molecule has 0 unspecified atom stereocenters. The van der Waals surface area contributed by atoms with Crippen LogP contribution in [0.15, 0.2) is 24.4 Å². The number of nitrogens with two attached hydrogens (primary N) is 1. The molecule has 2 N–H and O–H groups in total. The van der Waals surface area contributed by atoms with E-state index in [1.54, 1.807) is 13.1 Å². The molecule has 0 spiro atoms. The Bertz CT molecular complexity index is 371. The van der Waals surface area contributed by atoms with Crippen molar-refractivity contribution in [2.24, 2.45) is 5.73 Å². The highest BCUT2D eigenvalue weighted by atomic mass is 16.2. The number of nitrogens with zero attached hydrogens (tertiary/aromatic N) is 3. The van der Waals surface area contributed by atoms with Crippen LogP contribution in [0.3, 0.4) is 0 Å². The minimum Gasteiger partial charge on any atom is -0.353 e. The molecule has 0 aromatic carbocycles. The molecule has 0 radical (unpaired) electrons. The van der Waals surface area contributed by atoms with Crippen molar-refractivity contribution in [3.05, 3.63) is 24.4 Å². The van der Waals surface area contributed by atoms with Crippen molar-refractivity contribution in [1.29, 1.82) is 0 Å².